The molecule has 0 radical (unpaired) electrons. The zero-order valence-corrected chi connectivity index (χ0v) is 18.5. The van der Waals surface area contributed by atoms with E-state index in [-0.39, 0.29) is 17.2 Å². The van der Waals surface area contributed by atoms with Gasteiger partial charge in [-0.05, 0) is 29.5 Å². The van der Waals surface area contributed by atoms with E-state index >= 15 is 4.39 Å². The molecule has 0 saturated carbocycles. The van der Waals surface area contributed by atoms with E-state index in [1.165, 1.54) is 13.3 Å². The maximum Gasteiger partial charge on any atom is 0.341 e. The summed E-state index contributed by atoms with van der Waals surface area (Å²) in [5.41, 5.74) is -0.664. The maximum absolute atomic E-state index is 15.3. The van der Waals surface area contributed by atoms with Crippen molar-refractivity contribution < 1.29 is 28.5 Å². The van der Waals surface area contributed by atoms with Gasteiger partial charge in [-0.3, -0.25) is 4.79 Å². The molecule has 1 aliphatic heterocycles. The molecule has 2 aromatic rings. The highest BCUT2D eigenvalue weighted by Gasteiger charge is 2.36. The smallest absolute Gasteiger partial charge is 0.341 e. The van der Waals surface area contributed by atoms with Crippen molar-refractivity contribution in [3.8, 4) is 22.8 Å². The molecular weight excluding hydrogens is 405 g/mol. The lowest BCUT2D eigenvalue weighted by Crippen LogP contribution is -2.34. The molecule has 0 bridgehead atoms. The van der Waals surface area contributed by atoms with Crippen molar-refractivity contribution in [2.75, 3.05) is 27.4 Å². The van der Waals surface area contributed by atoms with Crippen LogP contribution in [0.25, 0.3) is 11.3 Å². The van der Waals surface area contributed by atoms with E-state index in [1.54, 1.807) is 17.7 Å². The fourth-order valence-corrected chi connectivity index (χ4v) is 3.94. The van der Waals surface area contributed by atoms with Crippen molar-refractivity contribution in [1.29, 1.82) is 0 Å². The quantitative estimate of drug-likeness (QED) is 0.666. The second-order valence-corrected chi connectivity index (χ2v) is 8.69. The van der Waals surface area contributed by atoms with E-state index in [1.807, 2.05) is 26.8 Å². The van der Waals surface area contributed by atoms with Gasteiger partial charge < -0.3 is 23.9 Å². The summed E-state index contributed by atoms with van der Waals surface area (Å²) in [6.45, 7) is 6.97. The van der Waals surface area contributed by atoms with Crippen LogP contribution < -0.4 is 14.9 Å². The summed E-state index contributed by atoms with van der Waals surface area (Å²) in [6.07, 6.45) is 2.47. The predicted octanol–water partition coefficient (Wildman–Crippen LogP) is 3.92. The summed E-state index contributed by atoms with van der Waals surface area (Å²) in [5.74, 6) is -1.59. The van der Waals surface area contributed by atoms with Crippen LogP contribution in [0.15, 0.2) is 23.1 Å². The molecule has 1 aromatic carbocycles. The zero-order chi connectivity index (χ0) is 22.9. The Morgan fingerprint density at radius 3 is 2.52 bits per heavy atom. The fourth-order valence-electron chi connectivity index (χ4n) is 3.94. The number of carbonyl (C=O) groups is 1. The predicted molar refractivity (Wildman–Crippen MR) is 114 cm³/mol. The number of pyridine rings is 1. The first-order valence-electron chi connectivity index (χ1n) is 10.1. The molecule has 2 heterocycles. The van der Waals surface area contributed by atoms with Gasteiger partial charge in [0.15, 0.2) is 17.3 Å². The highest BCUT2D eigenvalue weighted by molar-refractivity contribution is 5.88. The monoisotopic (exact) mass is 433 g/mol. The second-order valence-electron chi connectivity index (χ2n) is 8.69. The third-order valence-electron chi connectivity index (χ3n) is 5.55. The first kappa shape index (κ1) is 22.8. The number of carboxylic acids is 1. The molecule has 1 N–H and O–H groups in total. The number of ether oxygens (including phenoxy) is 3. The number of benzene rings is 1. The third-order valence-corrected chi connectivity index (χ3v) is 5.55. The van der Waals surface area contributed by atoms with E-state index in [9.17, 15) is 14.7 Å². The Labute approximate surface area is 180 Å². The SMILES string of the molecule is COCCCOc1cc2c(cc1OC)-c1c(F)c(=O)c(C(=O)O)cn1C(C(C)(C)C)C2. The van der Waals surface area contributed by atoms with Gasteiger partial charge in [0.05, 0.1) is 19.4 Å². The largest absolute Gasteiger partial charge is 0.493 e. The van der Waals surface area contributed by atoms with Gasteiger partial charge >= 0.3 is 5.97 Å². The van der Waals surface area contributed by atoms with E-state index < -0.39 is 22.8 Å². The number of halogens is 1. The summed E-state index contributed by atoms with van der Waals surface area (Å²) in [7, 11) is 3.11. The van der Waals surface area contributed by atoms with Crippen LogP contribution in [-0.2, 0) is 11.2 Å². The van der Waals surface area contributed by atoms with Crippen LogP contribution in [0.2, 0.25) is 0 Å². The molecule has 1 aliphatic rings. The van der Waals surface area contributed by atoms with Crippen molar-refractivity contribution >= 4 is 5.97 Å². The lowest BCUT2D eigenvalue weighted by atomic mass is 9.78. The molecule has 0 saturated heterocycles. The molecular formula is C23H28FNO6. The minimum atomic E-state index is -1.45. The molecule has 0 aliphatic carbocycles. The van der Waals surface area contributed by atoms with Crippen LogP contribution in [0.1, 0.15) is 49.2 Å². The fraction of sp³-hybridized carbons (Fsp3) is 0.478. The number of carboxylic acid groups (broad SMARTS) is 1. The Kier molecular flexibility index (Phi) is 6.40. The summed E-state index contributed by atoms with van der Waals surface area (Å²) < 4.78 is 33.2. The van der Waals surface area contributed by atoms with Crippen LogP contribution in [-0.4, -0.2) is 43.1 Å². The topological polar surface area (TPSA) is 87.0 Å². The number of fused-ring (bicyclic) bond motifs is 3. The lowest BCUT2D eigenvalue weighted by Gasteiger charge is -2.39. The minimum Gasteiger partial charge on any atom is -0.493 e. The number of hydrogen-bond acceptors (Lipinski definition) is 5. The van der Waals surface area contributed by atoms with Crippen molar-refractivity contribution in [1.82, 2.24) is 4.57 Å². The van der Waals surface area contributed by atoms with Gasteiger partial charge in [-0.15, -0.1) is 0 Å². The Morgan fingerprint density at radius 2 is 1.94 bits per heavy atom. The Hall–Kier alpha value is -2.87. The molecule has 0 spiro atoms. The third kappa shape index (κ3) is 4.30. The molecule has 1 unspecified atom stereocenters. The van der Waals surface area contributed by atoms with Crippen LogP contribution in [0.4, 0.5) is 4.39 Å². The number of rotatable bonds is 7. The van der Waals surface area contributed by atoms with Gasteiger partial charge in [-0.1, -0.05) is 20.8 Å². The van der Waals surface area contributed by atoms with Gasteiger partial charge in [0, 0.05) is 37.9 Å². The normalized spacial score (nSPS) is 15.2. The molecule has 1 atom stereocenters. The van der Waals surface area contributed by atoms with Gasteiger partial charge in [-0.25, -0.2) is 9.18 Å². The minimum absolute atomic E-state index is 0.0698. The maximum atomic E-state index is 15.3. The summed E-state index contributed by atoms with van der Waals surface area (Å²) in [4.78, 5) is 24.0. The first-order chi connectivity index (χ1) is 14.6. The molecule has 8 heteroatoms. The van der Waals surface area contributed by atoms with Gasteiger partial charge in [0.25, 0.3) is 0 Å². The van der Waals surface area contributed by atoms with Gasteiger partial charge in [0.1, 0.15) is 5.56 Å². The second kappa shape index (κ2) is 8.70. The van der Waals surface area contributed by atoms with E-state index in [4.69, 9.17) is 14.2 Å². The van der Waals surface area contributed by atoms with Crippen LogP contribution in [0, 0.1) is 11.2 Å². The van der Waals surface area contributed by atoms with E-state index in [0.717, 1.165) is 5.56 Å². The van der Waals surface area contributed by atoms with E-state index in [2.05, 4.69) is 0 Å². The number of nitrogens with zero attached hydrogens (tertiary/aromatic N) is 1. The van der Waals surface area contributed by atoms with Crippen molar-refractivity contribution in [2.24, 2.45) is 5.41 Å². The van der Waals surface area contributed by atoms with Crippen LogP contribution in [0.5, 0.6) is 11.5 Å². The Bertz CT molecular complexity index is 1050. The van der Waals surface area contributed by atoms with Gasteiger partial charge in [-0.2, -0.15) is 0 Å². The Morgan fingerprint density at radius 1 is 1.23 bits per heavy atom. The number of methoxy groups -OCH3 is 2. The highest BCUT2D eigenvalue weighted by atomic mass is 19.1. The number of aromatic nitrogens is 1. The van der Waals surface area contributed by atoms with Crippen molar-refractivity contribution in [3.05, 3.63) is 45.5 Å². The molecule has 3 rings (SSSR count). The van der Waals surface area contributed by atoms with Crippen LogP contribution >= 0.6 is 0 Å². The van der Waals surface area contributed by atoms with Crippen LogP contribution in [0.3, 0.4) is 0 Å². The zero-order valence-electron chi connectivity index (χ0n) is 18.5. The molecule has 7 nitrogen and oxygen atoms in total. The average Bonchev–Trinajstić information content (AvgIpc) is 2.71. The molecule has 1 aromatic heterocycles. The molecule has 168 valence electrons. The van der Waals surface area contributed by atoms with Crippen molar-refractivity contribution in [3.63, 3.8) is 0 Å². The summed E-state index contributed by atoms with van der Waals surface area (Å²) in [6, 6.07) is 3.20. The Balaban J connectivity index is 2.21. The highest BCUT2D eigenvalue weighted by Crippen LogP contribution is 2.46. The summed E-state index contributed by atoms with van der Waals surface area (Å²) >= 11 is 0. The summed E-state index contributed by atoms with van der Waals surface area (Å²) in [5, 5.41) is 9.39. The number of hydrogen-bond donors (Lipinski definition) is 1. The number of aromatic carboxylic acids is 1. The van der Waals surface area contributed by atoms with Gasteiger partial charge in [0.2, 0.25) is 5.43 Å². The average molecular weight is 433 g/mol. The standard InChI is InChI=1S/C23H28FNO6/c1-23(2,3)18-10-13-9-17(31-8-6-7-29-4)16(30-5)11-14(13)20-19(24)21(26)15(22(27)28)12-25(18)20/h9,11-12,18H,6-8,10H2,1-5H3,(H,27,28). The van der Waals surface area contributed by atoms with Crippen molar-refractivity contribution in [2.45, 2.75) is 39.7 Å². The molecule has 31 heavy (non-hydrogen) atoms. The lowest BCUT2D eigenvalue weighted by molar-refractivity contribution is 0.0692. The first-order valence-corrected chi connectivity index (χ1v) is 10.1. The van der Waals surface area contributed by atoms with E-state index in [0.29, 0.717) is 43.1 Å². The molecule has 0 amide bonds. The molecule has 0 fully saturated rings.